The minimum Gasteiger partial charge on any atom is -0.506 e. The Hall–Kier alpha value is -6.37. The normalized spacial score (nSPS) is 15.2. The van der Waals surface area contributed by atoms with Crippen LogP contribution in [0.2, 0.25) is 0 Å². The van der Waals surface area contributed by atoms with Gasteiger partial charge in [0.1, 0.15) is 22.9 Å². The van der Waals surface area contributed by atoms with E-state index in [4.69, 9.17) is 0 Å². The number of nitro groups is 2. The van der Waals surface area contributed by atoms with Crippen LogP contribution in [0.4, 0.5) is 34.1 Å². The van der Waals surface area contributed by atoms with Crippen molar-refractivity contribution in [2.24, 2.45) is 20.5 Å². The number of azo groups is 2. The van der Waals surface area contributed by atoms with Gasteiger partial charge in [0.25, 0.3) is 11.4 Å². The first kappa shape index (κ1) is 32.0. The second-order valence-electron chi connectivity index (χ2n) is 10.9. The van der Waals surface area contributed by atoms with Gasteiger partial charge in [-0.1, -0.05) is 24.3 Å². The molecule has 5 rings (SSSR count). The maximum atomic E-state index is 13.5. The minimum absolute atomic E-state index is 0.0383. The molecule has 2 N–H and O–H groups in total. The van der Waals surface area contributed by atoms with Crippen LogP contribution in [0.1, 0.15) is 41.5 Å². The Bertz CT molecular complexity index is 1910. The summed E-state index contributed by atoms with van der Waals surface area (Å²) in [6.07, 6.45) is 5.15. The van der Waals surface area contributed by atoms with Crippen molar-refractivity contribution in [2.75, 3.05) is 0 Å². The summed E-state index contributed by atoms with van der Waals surface area (Å²) in [5, 5.41) is 59.6. The number of ketones is 1. The number of phenolic OH excluding ortho intramolecular Hbond substituents is 2. The van der Waals surface area contributed by atoms with Crippen molar-refractivity contribution >= 4 is 52.1 Å². The highest BCUT2D eigenvalue weighted by molar-refractivity contribution is 6.14. The van der Waals surface area contributed by atoms with Gasteiger partial charge < -0.3 is 10.2 Å². The summed E-state index contributed by atoms with van der Waals surface area (Å²) in [7, 11) is 0. The summed E-state index contributed by atoms with van der Waals surface area (Å²) < 4.78 is 0. The highest BCUT2D eigenvalue weighted by Crippen LogP contribution is 2.36. The lowest BCUT2D eigenvalue weighted by Gasteiger charge is -2.17. The van der Waals surface area contributed by atoms with E-state index < -0.39 is 9.85 Å². The zero-order valence-electron chi connectivity index (χ0n) is 25.3. The Morgan fingerprint density at radius 3 is 1.43 bits per heavy atom. The van der Waals surface area contributed by atoms with E-state index in [-0.39, 0.29) is 51.4 Å². The standard InChI is InChI=1S/C34H28N6O7/c1-20-6-10-26(30(14-20)39(44)45)35-37-28-18-22(8-12-32(28)41)16-24-4-3-5-25(34(24)43)17-23-9-13-33(42)29(19-23)38-36-27-11-7-21(2)15-31(27)40(46)47/h6-19,41-42H,3-5H2,1-2H3/b24-16-,25-17+,37-35?,38-36?. The van der Waals surface area contributed by atoms with Crippen LogP contribution in [0.5, 0.6) is 11.5 Å². The molecular formula is C34H28N6O7. The Balaban J connectivity index is 1.38. The molecule has 0 amide bonds. The Morgan fingerprint density at radius 2 is 1.02 bits per heavy atom. The first-order valence-corrected chi connectivity index (χ1v) is 14.4. The third-order valence-electron chi connectivity index (χ3n) is 7.34. The van der Waals surface area contributed by atoms with E-state index in [1.165, 1.54) is 48.5 Å². The topological polar surface area (TPSA) is 193 Å². The fraction of sp³-hybridized carbons (Fsp3) is 0.147. The summed E-state index contributed by atoms with van der Waals surface area (Å²) in [6, 6.07) is 18.2. The molecule has 4 aromatic carbocycles. The number of hydrogen-bond donors (Lipinski definition) is 2. The average molecular weight is 633 g/mol. The second kappa shape index (κ2) is 13.7. The molecular weight excluding hydrogens is 604 g/mol. The first-order chi connectivity index (χ1) is 22.5. The maximum Gasteiger partial charge on any atom is 0.296 e. The maximum absolute atomic E-state index is 13.5. The third-order valence-corrected chi connectivity index (χ3v) is 7.34. The van der Waals surface area contributed by atoms with Gasteiger partial charge in [-0.05, 0) is 104 Å². The van der Waals surface area contributed by atoms with E-state index in [2.05, 4.69) is 20.5 Å². The molecule has 0 heterocycles. The van der Waals surface area contributed by atoms with Crippen LogP contribution in [0.25, 0.3) is 12.2 Å². The molecule has 1 aliphatic carbocycles. The smallest absolute Gasteiger partial charge is 0.296 e. The van der Waals surface area contributed by atoms with Crippen LogP contribution in [-0.2, 0) is 4.79 Å². The summed E-state index contributed by atoms with van der Waals surface area (Å²) in [5.41, 5.74) is 3.44. The van der Waals surface area contributed by atoms with Gasteiger partial charge in [-0.2, -0.15) is 0 Å². The van der Waals surface area contributed by atoms with E-state index in [0.29, 0.717) is 52.7 Å². The second-order valence-corrected chi connectivity index (χ2v) is 10.9. The molecule has 236 valence electrons. The number of aromatic hydroxyl groups is 2. The molecule has 13 heteroatoms. The van der Waals surface area contributed by atoms with Gasteiger partial charge in [0.2, 0.25) is 0 Å². The highest BCUT2D eigenvalue weighted by atomic mass is 16.6. The third kappa shape index (κ3) is 7.65. The van der Waals surface area contributed by atoms with E-state index in [0.717, 1.165) is 0 Å². The monoisotopic (exact) mass is 632 g/mol. The van der Waals surface area contributed by atoms with E-state index in [9.17, 15) is 35.2 Å². The lowest BCUT2D eigenvalue weighted by Crippen LogP contribution is -2.12. The molecule has 1 aliphatic rings. The number of carbonyl (C=O) groups is 1. The van der Waals surface area contributed by atoms with Crippen molar-refractivity contribution in [3.8, 4) is 11.5 Å². The number of allylic oxidation sites excluding steroid dienone is 2. The number of carbonyl (C=O) groups excluding carboxylic acids is 1. The Morgan fingerprint density at radius 1 is 0.617 bits per heavy atom. The number of nitrogens with zero attached hydrogens (tertiary/aromatic N) is 6. The number of Topliss-reactive ketones (excluding diaryl/α,β-unsaturated/α-hetero) is 1. The van der Waals surface area contributed by atoms with Gasteiger partial charge in [0.15, 0.2) is 17.2 Å². The minimum atomic E-state index is -0.551. The zero-order chi connectivity index (χ0) is 33.7. The SMILES string of the molecule is Cc1ccc(N=Nc2cc(/C=C3/CCC/C(=C\c4ccc(O)c(N=Nc5ccc(C)cc5[N+](=O)[O-])c4)C3=O)ccc2O)c([N+](=O)[O-])c1. The predicted molar refractivity (Wildman–Crippen MR) is 175 cm³/mol. The largest absolute Gasteiger partial charge is 0.506 e. The van der Waals surface area contributed by atoms with Gasteiger partial charge in [-0.15, -0.1) is 20.5 Å². The summed E-state index contributed by atoms with van der Waals surface area (Å²) in [4.78, 5) is 35.2. The van der Waals surface area contributed by atoms with Crippen molar-refractivity contribution in [3.63, 3.8) is 0 Å². The average Bonchev–Trinajstić information content (AvgIpc) is 3.04. The number of hydrogen-bond acceptors (Lipinski definition) is 11. The summed E-state index contributed by atoms with van der Waals surface area (Å²) >= 11 is 0. The van der Waals surface area contributed by atoms with Gasteiger partial charge in [-0.3, -0.25) is 25.0 Å². The molecule has 0 spiro atoms. The molecule has 0 atom stereocenters. The van der Waals surface area contributed by atoms with Crippen LogP contribution in [0.3, 0.4) is 0 Å². The fourth-order valence-corrected chi connectivity index (χ4v) is 4.95. The zero-order valence-corrected chi connectivity index (χ0v) is 25.3. The fourth-order valence-electron chi connectivity index (χ4n) is 4.95. The van der Waals surface area contributed by atoms with Crippen molar-refractivity contribution in [2.45, 2.75) is 33.1 Å². The van der Waals surface area contributed by atoms with E-state index in [1.807, 2.05) is 0 Å². The van der Waals surface area contributed by atoms with Crippen molar-refractivity contribution in [1.29, 1.82) is 0 Å². The number of phenols is 2. The highest BCUT2D eigenvalue weighted by Gasteiger charge is 2.21. The molecule has 0 aliphatic heterocycles. The molecule has 0 radical (unpaired) electrons. The molecule has 0 unspecified atom stereocenters. The van der Waals surface area contributed by atoms with Gasteiger partial charge in [0, 0.05) is 23.3 Å². The number of rotatable bonds is 8. The van der Waals surface area contributed by atoms with Crippen molar-refractivity contribution in [1.82, 2.24) is 0 Å². The molecule has 4 aromatic rings. The summed E-state index contributed by atoms with van der Waals surface area (Å²) in [5.74, 6) is -0.536. The van der Waals surface area contributed by atoms with Gasteiger partial charge in [-0.25, -0.2) is 0 Å². The first-order valence-electron chi connectivity index (χ1n) is 14.4. The predicted octanol–water partition coefficient (Wildman–Crippen LogP) is 9.58. The number of aryl methyl sites for hydroxylation is 2. The lowest BCUT2D eigenvalue weighted by atomic mass is 9.86. The van der Waals surface area contributed by atoms with Crippen molar-refractivity contribution in [3.05, 3.63) is 126 Å². The Kier molecular flexibility index (Phi) is 9.36. The van der Waals surface area contributed by atoms with Gasteiger partial charge >= 0.3 is 0 Å². The molecule has 0 saturated heterocycles. The van der Waals surface area contributed by atoms with Crippen LogP contribution < -0.4 is 0 Å². The molecule has 13 nitrogen and oxygen atoms in total. The lowest BCUT2D eigenvalue weighted by molar-refractivity contribution is -0.384. The van der Waals surface area contributed by atoms with Crippen LogP contribution >= 0.6 is 0 Å². The Labute approximate surface area is 268 Å². The molecule has 0 aromatic heterocycles. The van der Waals surface area contributed by atoms with Crippen molar-refractivity contribution < 1.29 is 24.9 Å². The van der Waals surface area contributed by atoms with E-state index in [1.54, 1.807) is 50.3 Å². The van der Waals surface area contributed by atoms with Crippen LogP contribution in [0.15, 0.2) is 104 Å². The number of benzene rings is 4. The van der Waals surface area contributed by atoms with E-state index >= 15 is 0 Å². The molecule has 47 heavy (non-hydrogen) atoms. The number of nitro benzene ring substituents is 2. The molecule has 1 fully saturated rings. The molecule has 1 saturated carbocycles. The summed E-state index contributed by atoms with van der Waals surface area (Å²) in [6.45, 7) is 3.45. The quantitative estimate of drug-likeness (QED) is 0.0834. The van der Waals surface area contributed by atoms with Gasteiger partial charge in [0.05, 0.1) is 9.85 Å². The van der Waals surface area contributed by atoms with Crippen LogP contribution in [0, 0.1) is 34.1 Å². The van der Waals surface area contributed by atoms with Crippen LogP contribution in [-0.4, -0.2) is 25.8 Å². The molecule has 0 bridgehead atoms.